The van der Waals surface area contributed by atoms with Crippen molar-refractivity contribution in [1.29, 1.82) is 0 Å². The summed E-state index contributed by atoms with van der Waals surface area (Å²) in [4.78, 5) is 28.8. The molecule has 5 rings (SSSR count). The zero-order valence-electron chi connectivity index (χ0n) is 19.5. The first-order valence-corrected chi connectivity index (χ1v) is 11.8. The molecule has 1 aliphatic rings. The summed E-state index contributed by atoms with van der Waals surface area (Å²) in [6.45, 7) is 0.851. The number of furan rings is 1. The third-order valence-corrected chi connectivity index (χ3v) is 6.21. The lowest BCUT2D eigenvalue weighted by Crippen LogP contribution is -2.47. The summed E-state index contributed by atoms with van der Waals surface area (Å²) >= 11 is 0. The van der Waals surface area contributed by atoms with Gasteiger partial charge in [0.1, 0.15) is 29.7 Å². The molecule has 0 bridgehead atoms. The number of hydrogen-bond donors (Lipinski definition) is 1. The monoisotopic (exact) mass is 491 g/mol. The first-order valence-electron chi connectivity index (χ1n) is 11.8. The summed E-state index contributed by atoms with van der Waals surface area (Å²) in [5, 5.41) is 11.1. The Labute approximate surface area is 206 Å². The maximum Gasteiger partial charge on any atom is 0.247 e. The fraction of sp³-hybridized carbons (Fsp3) is 0.308. The first kappa shape index (κ1) is 23.7. The van der Waals surface area contributed by atoms with E-state index in [1.54, 1.807) is 12.1 Å². The quantitative estimate of drug-likeness (QED) is 0.386. The Kier molecular flexibility index (Phi) is 7.03. The lowest BCUT2D eigenvalue weighted by Gasteiger charge is -2.33. The van der Waals surface area contributed by atoms with Crippen molar-refractivity contribution in [3.05, 3.63) is 84.1 Å². The van der Waals surface area contributed by atoms with E-state index in [-0.39, 0.29) is 31.6 Å². The number of amides is 2. The molecular formula is C26H26FN5O4. The molecule has 9 nitrogen and oxygen atoms in total. The van der Waals surface area contributed by atoms with E-state index in [4.69, 9.17) is 9.15 Å². The van der Waals surface area contributed by atoms with E-state index < -0.39 is 17.8 Å². The molecule has 1 saturated heterocycles. The van der Waals surface area contributed by atoms with Gasteiger partial charge in [0.2, 0.25) is 11.8 Å². The van der Waals surface area contributed by atoms with Gasteiger partial charge in [-0.3, -0.25) is 9.59 Å². The van der Waals surface area contributed by atoms with Crippen LogP contribution >= 0.6 is 0 Å². The van der Waals surface area contributed by atoms with Crippen molar-refractivity contribution in [3.8, 4) is 0 Å². The normalized spacial score (nSPS) is 16.2. The predicted molar refractivity (Wildman–Crippen MR) is 128 cm³/mol. The van der Waals surface area contributed by atoms with Crippen molar-refractivity contribution < 1.29 is 23.1 Å². The minimum Gasteiger partial charge on any atom is -0.467 e. The van der Waals surface area contributed by atoms with Gasteiger partial charge in [-0.25, -0.2) is 9.07 Å². The number of fused-ring (bicyclic) bond motifs is 1. The lowest BCUT2D eigenvalue weighted by atomic mass is 10.0. The van der Waals surface area contributed by atoms with Crippen molar-refractivity contribution in [2.24, 2.45) is 0 Å². The number of carbonyl (C=O) groups is 2. The molecule has 4 aromatic rings. The fourth-order valence-electron chi connectivity index (χ4n) is 4.41. The third-order valence-electron chi connectivity index (χ3n) is 6.21. The number of nitrogens with one attached hydrogen (secondary N) is 1. The maximum absolute atomic E-state index is 13.8. The number of aromatic nitrogens is 3. The molecule has 2 aromatic carbocycles. The Morgan fingerprint density at radius 3 is 2.72 bits per heavy atom. The van der Waals surface area contributed by atoms with Crippen LogP contribution in [0.15, 0.2) is 71.3 Å². The minimum atomic E-state index is -1.01. The van der Waals surface area contributed by atoms with Crippen molar-refractivity contribution >= 4 is 22.8 Å². The molecule has 1 aliphatic heterocycles. The zero-order valence-corrected chi connectivity index (χ0v) is 19.5. The summed E-state index contributed by atoms with van der Waals surface area (Å²) < 4.78 is 26.4. The average Bonchev–Trinajstić information content (AvgIpc) is 3.67. The predicted octanol–water partition coefficient (Wildman–Crippen LogP) is 3.23. The molecule has 0 aliphatic carbocycles. The van der Waals surface area contributed by atoms with E-state index >= 15 is 0 Å². The molecule has 0 saturated carbocycles. The van der Waals surface area contributed by atoms with Gasteiger partial charge < -0.3 is 19.4 Å². The van der Waals surface area contributed by atoms with E-state index in [2.05, 4.69) is 15.6 Å². The molecule has 0 spiro atoms. The van der Waals surface area contributed by atoms with Gasteiger partial charge in [-0.1, -0.05) is 29.5 Å². The van der Waals surface area contributed by atoms with Gasteiger partial charge in [0.25, 0.3) is 0 Å². The number of ether oxygens (including phenoxy) is 1. The van der Waals surface area contributed by atoms with Crippen LogP contribution in [-0.4, -0.2) is 51.0 Å². The van der Waals surface area contributed by atoms with Crippen molar-refractivity contribution in [2.45, 2.75) is 38.1 Å². The van der Waals surface area contributed by atoms with Crippen LogP contribution in [0.25, 0.3) is 11.0 Å². The van der Waals surface area contributed by atoms with Crippen molar-refractivity contribution in [3.63, 3.8) is 0 Å². The lowest BCUT2D eigenvalue weighted by molar-refractivity contribution is -0.143. The second-order valence-corrected chi connectivity index (χ2v) is 8.67. The maximum atomic E-state index is 13.8. The van der Waals surface area contributed by atoms with Gasteiger partial charge in [-0.05, 0) is 54.8 Å². The molecular weight excluding hydrogens is 465 g/mol. The SMILES string of the molecule is O=C(NCc1ccco1)[C@H](c1ccc(F)cc1)N(C[C@@H]1CCCO1)C(=O)Cn1nnc2ccccc21. The second-order valence-electron chi connectivity index (χ2n) is 8.67. The van der Waals surface area contributed by atoms with Gasteiger partial charge in [-0.2, -0.15) is 0 Å². The summed E-state index contributed by atoms with van der Waals surface area (Å²) in [6, 6.07) is 15.4. The highest BCUT2D eigenvalue weighted by molar-refractivity contribution is 5.89. The molecule has 1 fully saturated rings. The van der Waals surface area contributed by atoms with E-state index in [0.717, 1.165) is 12.8 Å². The Bertz CT molecular complexity index is 1320. The Hall–Kier alpha value is -4.05. The molecule has 186 valence electrons. The number of hydrogen-bond acceptors (Lipinski definition) is 6. The molecule has 0 unspecified atom stereocenters. The number of halogens is 1. The molecule has 10 heteroatoms. The first-order chi connectivity index (χ1) is 17.6. The standard InChI is InChI=1S/C26H26FN5O4/c27-19-11-9-18(10-12-19)25(26(34)28-15-20-5-3-13-35-20)31(16-21-6-4-14-36-21)24(33)17-32-23-8-2-1-7-22(23)29-30-32/h1-3,5,7-13,21,25H,4,6,14-17H2,(H,28,34)/t21-,25-/m0/s1. The summed E-state index contributed by atoms with van der Waals surface area (Å²) in [6.07, 6.45) is 2.98. The van der Waals surface area contributed by atoms with Crippen LogP contribution in [0.4, 0.5) is 4.39 Å². The van der Waals surface area contributed by atoms with E-state index in [1.165, 1.54) is 40.1 Å². The van der Waals surface area contributed by atoms with Crippen molar-refractivity contribution in [1.82, 2.24) is 25.2 Å². The molecule has 36 heavy (non-hydrogen) atoms. The summed E-state index contributed by atoms with van der Waals surface area (Å²) in [7, 11) is 0. The van der Waals surface area contributed by atoms with Gasteiger partial charge in [0.05, 0.1) is 24.4 Å². The van der Waals surface area contributed by atoms with Crippen LogP contribution in [0.3, 0.4) is 0 Å². The topological polar surface area (TPSA) is 102 Å². The number of rotatable bonds is 9. The van der Waals surface area contributed by atoms with Crippen LogP contribution < -0.4 is 5.32 Å². The third kappa shape index (κ3) is 5.28. The van der Waals surface area contributed by atoms with E-state index in [9.17, 15) is 14.0 Å². The highest BCUT2D eigenvalue weighted by Gasteiger charge is 2.34. The molecule has 3 heterocycles. The zero-order chi connectivity index (χ0) is 24.9. The van der Waals surface area contributed by atoms with Crippen LogP contribution in [-0.2, 0) is 27.4 Å². The Balaban J connectivity index is 1.46. The summed E-state index contributed by atoms with van der Waals surface area (Å²) in [5.41, 5.74) is 1.87. The molecule has 0 radical (unpaired) electrons. The van der Waals surface area contributed by atoms with Crippen LogP contribution in [0, 0.1) is 5.82 Å². The average molecular weight is 492 g/mol. The fourth-order valence-corrected chi connectivity index (χ4v) is 4.41. The summed E-state index contributed by atoms with van der Waals surface area (Å²) in [5.74, 6) is -0.594. The van der Waals surface area contributed by atoms with Crippen LogP contribution in [0.2, 0.25) is 0 Å². The Morgan fingerprint density at radius 2 is 1.97 bits per heavy atom. The van der Waals surface area contributed by atoms with E-state index in [0.29, 0.717) is 29.0 Å². The highest BCUT2D eigenvalue weighted by atomic mass is 19.1. The van der Waals surface area contributed by atoms with Crippen molar-refractivity contribution in [2.75, 3.05) is 13.2 Å². The number of nitrogens with zero attached hydrogens (tertiary/aromatic N) is 4. The highest BCUT2D eigenvalue weighted by Crippen LogP contribution is 2.26. The Morgan fingerprint density at radius 1 is 1.14 bits per heavy atom. The molecule has 2 aromatic heterocycles. The van der Waals surface area contributed by atoms with Gasteiger partial charge in [0, 0.05) is 13.2 Å². The van der Waals surface area contributed by atoms with Gasteiger partial charge in [0.15, 0.2) is 0 Å². The second kappa shape index (κ2) is 10.7. The minimum absolute atomic E-state index is 0.115. The smallest absolute Gasteiger partial charge is 0.247 e. The van der Waals surface area contributed by atoms with Crippen LogP contribution in [0.5, 0.6) is 0 Å². The molecule has 1 N–H and O–H groups in total. The molecule has 2 amide bonds. The van der Waals surface area contributed by atoms with E-state index in [1.807, 2.05) is 24.3 Å². The largest absolute Gasteiger partial charge is 0.467 e. The number of benzene rings is 2. The van der Waals surface area contributed by atoms with Gasteiger partial charge >= 0.3 is 0 Å². The number of para-hydroxylation sites is 1. The van der Waals surface area contributed by atoms with Gasteiger partial charge in [-0.15, -0.1) is 5.10 Å². The van der Waals surface area contributed by atoms with Crippen LogP contribution in [0.1, 0.15) is 30.2 Å². The molecule has 2 atom stereocenters. The number of carbonyl (C=O) groups excluding carboxylic acids is 2.